The second kappa shape index (κ2) is 4.50. The predicted octanol–water partition coefficient (Wildman–Crippen LogP) is 3.73. The molecule has 0 unspecified atom stereocenters. The molecular weight excluding hydrogens is 445 g/mol. The van der Waals surface area contributed by atoms with E-state index in [2.05, 4.69) is 68.8 Å². The molecule has 0 radical (unpaired) electrons. The van der Waals surface area contributed by atoms with Crippen molar-refractivity contribution >= 4 is 66.0 Å². The van der Waals surface area contributed by atoms with E-state index in [9.17, 15) is 0 Å². The smallest absolute Gasteiger partial charge is 0.193 e. The molecule has 2 aromatic heterocycles. The lowest BCUT2D eigenvalue weighted by Crippen LogP contribution is -1.87. The van der Waals surface area contributed by atoms with Crippen LogP contribution in [-0.4, -0.2) is 14.3 Å². The first-order chi connectivity index (χ1) is 6.66. The van der Waals surface area contributed by atoms with Gasteiger partial charge in [0, 0.05) is 15.1 Å². The van der Waals surface area contributed by atoms with Gasteiger partial charge in [-0.3, -0.25) is 4.98 Å². The van der Waals surface area contributed by atoms with E-state index in [4.69, 9.17) is 0 Å². The first-order valence-corrected chi connectivity index (χ1v) is 6.91. The van der Waals surface area contributed by atoms with Gasteiger partial charge in [0.05, 0.1) is 0 Å². The molecule has 0 aliphatic carbocycles. The summed E-state index contributed by atoms with van der Waals surface area (Å²) in [5.74, 6) is 0.666. The summed E-state index contributed by atoms with van der Waals surface area (Å²) in [5.41, 5.74) is 0.771. The molecule has 7 heteroatoms. The van der Waals surface area contributed by atoms with Gasteiger partial charge in [-0.25, -0.2) is 4.98 Å². The van der Waals surface area contributed by atoms with E-state index in [0.29, 0.717) is 5.82 Å². The van der Waals surface area contributed by atoms with Crippen molar-refractivity contribution in [1.29, 1.82) is 0 Å². The fourth-order valence-corrected chi connectivity index (χ4v) is 2.99. The Morgan fingerprint density at radius 1 is 1.36 bits per heavy atom. The molecule has 0 aliphatic heterocycles. The Labute approximate surface area is 115 Å². The van der Waals surface area contributed by atoms with E-state index in [1.54, 1.807) is 6.20 Å². The van der Waals surface area contributed by atoms with Crippen LogP contribution in [-0.2, 0) is 0 Å². The largest absolute Gasteiger partial charge is 0.250 e. The summed E-state index contributed by atoms with van der Waals surface area (Å²) in [6, 6.07) is 1.93. The second-order valence-electron chi connectivity index (χ2n) is 2.35. The van der Waals surface area contributed by atoms with E-state index >= 15 is 0 Å². The summed E-state index contributed by atoms with van der Waals surface area (Å²) < 4.78 is 6.92. The molecule has 0 spiro atoms. The van der Waals surface area contributed by atoms with Crippen LogP contribution >= 0.6 is 66.0 Å². The molecular formula is C7H2Br2IN3S. The number of halogens is 3. The van der Waals surface area contributed by atoms with Gasteiger partial charge in [-0.05, 0) is 72.0 Å². The summed E-state index contributed by atoms with van der Waals surface area (Å²) in [4.78, 5) is 8.50. The molecule has 0 atom stereocenters. The molecule has 14 heavy (non-hydrogen) atoms. The molecule has 0 saturated heterocycles. The first kappa shape index (κ1) is 10.9. The van der Waals surface area contributed by atoms with Gasteiger partial charge in [0.15, 0.2) is 8.84 Å². The van der Waals surface area contributed by atoms with Crippen molar-refractivity contribution in [2.24, 2.45) is 0 Å². The normalized spacial score (nSPS) is 10.5. The Morgan fingerprint density at radius 2 is 2.14 bits per heavy atom. The summed E-state index contributed by atoms with van der Waals surface area (Å²) in [7, 11) is 0. The van der Waals surface area contributed by atoms with E-state index in [1.165, 1.54) is 11.5 Å². The zero-order valence-corrected chi connectivity index (χ0v) is 12.7. The van der Waals surface area contributed by atoms with E-state index in [1.807, 2.05) is 6.07 Å². The lowest BCUT2D eigenvalue weighted by Gasteiger charge is -1.98. The summed E-state index contributed by atoms with van der Waals surface area (Å²) in [6.45, 7) is 0. The Hall–Kier alpha value is 0.400. The zero-order valence-electron chi connectivity index (χ0n) is 6.54. The maximum Gasteiger partial charge on any atom is 0.193 e. The quantitative estimate of drug-likeness (QED) is 0.627. The van der Waals surface area contributed by atoms with Gasteiger partial charge in [0.25, 0.3) is 0 Å². The van der Waals surface area contributed by atoms with E-state index < -0.39 is 0 Å². The van der Waals surface area contributed by atoms with Crippen molar-refractivity contribution < 1.29 is 0 Å². The minimum absolute atomic E-state index is 0.666. The molecule has 2 heterocycles. The second-order valence-corrected chi connectivity index (χ2v) is 6.63. The van der Waals surface area contributed by atoms with Gasteiger partial charge in [-0.2, -0.15) is 4.37 Å². The highest BCUT2D eigenvalue weighted by Gasteiger charge is 2.10. The summed E-state index contributed by atoms with van der Waals surface area (Å²) >= 11 is 10.3. The number of hydrogen-bond acceptors (Lipinski definition) is 4. The fourth-order valence-electron chi connectivity index (χ4n) is 0.880. The molecule has 0 bridgehead atoms. The summed E-state index contributed by atoms with van der Waals surface area (Å²) in [5, 5.41) is 0. The standard InChI is InChI=1S/C7H2Br2IN3S/c8-3-1-4(9)5(11-2-3)6-12-7(10)14-13-6/h1-2H. The number of hydrogen-bond donors (Lipinski definition) is 0. The third-order valence-electron chi connectivity index (χ3n) is 1.42. The number of aromatic nitrogens is 3. The average Bonchev–Trinajstić information content (AvgIpc) is 2.51. The minimum atomic E-state index is 0.666. The third kappa shape index (κ3) is 2.31. The number of rotatable bonds is 1. The molecule has 72 valence electrons. The maximum atomic E-state index is 4.26. The van der Waals surface area contributed by atoms with Gasteiger partial charge in [0.1, 0.15) is 5.69 Å². The average molecular weight is 447 g/mol. The molecule has 0 aromatic carbocycles. The van der Waals surface area contributed by atoms with Gasteiger partial charge in [0.2, 0.25) is 0 Å². The summed E-state index contributed by atoms with van der Waals surface area (Å²) in [6.07, 6.45) is 1.73. The van der Waals surface area contributed by atoms with Gasteiger partial charge in [-0.1, -0.05) is 0 Å². The van der Waals surface area contributed by atoms with Gasteiger partial charge < -0.3 is 0 Å². The van der Waals surface area contributed by atoms with Crippen LogP contribution in [0.15, 0.2) is 21.2 Å². The van der Waals surface area contributed by atoms with Crippen molar-refractivity contribution in [3.05, 3.63) is 24.2 Å². The molecule has 3 nitrogen and oxygen atoms in total. The van der Waals surface area contributed by atoms with Crippen LogP contribution < -0.4 is 0 Å². The van der Waals surface area contributed by atoms with E-state index in [-0.39, 0.29) is 0 Å². The molecule has 2 aromatic rings. The minimum Gasteiger partial charge on any atom is -0.250 e. The van der Waals surface area contributed by atoms with Crippen LogP contribution in [0, 0.1) is 3.01 Å². The van der Waals surface area contributed by atoms with Gasteiger partial charge >= 0.3 is 0 Å². The van der Waals surface area contributed by atoms with Crippen LogP contribution in [0.5, 0.6) is 0 Å². The Morgan fingerprint density at radius 3 is 2.71 bits per heavy atom. The zero-order chi connectivity index (χ0) is 10.1. The van der Waals surface area contributed by atoms with E-state index in [0.717, 1.165) is 17.7 Å². The molecule has 0 aliphatic rings. The van der Waals surface area contributed by atoms with Crippen LogP contribution in [0.25, 0.3) is 11.5 Å². The van der Waals surface area contributed by atoms with Crippen molar-refractivity contribution in [3.8, 4) is 11.5 Å². The molecule has 0 amide bonds. The fraction of sp³-hybridized carbons (Fsp3) is 0. The van der Waals surface area contributed by atoms with Crippen LogP contribution in [0.4, 0.5) is 0 Å². The highest BCUT2D eigenvalue weighted by Crippen LogP contribution is 2.27. The highest BCUT2D eigenvalue weighted by atomic mass is 127. The Bertz CT molecular complexity index is 474. The molecule has 0 fully saturated rings. The van der Waals surface area contributed by atoms with Crippen molar-refractivity contribution in [2.75, 3.05) is 0 Å². The lowest BCUT2D eigenvalue weighted by molar-refractivity contribution is 1.20. The first-order valence-electron chi connectivity index (χ1n) is 3.47. The van der Waals surface area contributed by atoms with Crippen molar-refractivity contribution in [2.45, 2.75) is 0 Å². The highest BCUT2D eigenvalue weighted by molar-refractivity contribution is 14.1. The number of nitrogens with zero attached hydrogens (tertiary/aromatic N) is 3. The maximum absolute atomic E-state index is 4.26. The Kier molecular flexibility index (Phi) is 3.50. The SMILES string of the molecule is Brc1cnc(-c2nsc(I)n2)c(Br)c1. The molecule has 0 N–H and O–H groups in total. The number of pyridine rings is 1. The van der Waals surface area contributed by atoms with Crippen LogP contribution in [0.2, 0.25) is 0 Å². The van der Waals surface area contributed by atoms with Crippen LogP contribution in [0.3, 0.4) is 0 Å². The monoisotopic (exact) mass is 445 g/mol. The molecule has 0 saturated carbocycles. The molecule has 2 rings (SSSR count). The van der Waals surface area contributed by atoms with Crippen molar-refractivity contribution in [1.82, 2.24) is 14.3 Å². The third-order valence-corrected chi connectivity index (χ3v) is 3.80. The van der Waals surface area contributed by atoms with Gasteiger partial charge in [-0.15, -0.1) is 0 Å². The predicted molar refractivity (Wildman–Crippen MR) is 71.3 cm³/mol. The topological polar surface area (TPSA) is 38.7 Å². The lowest BCUT2D eigenvalue weighted by atomic mass is 10.3. The van der Waals surface area contributed by atoms with Crippen LogP contribution in [0.1, 0.15) is 0 Å². The Balaban J connectivity index is 2.52. The van der Waals surface area contributed by atoms with Crippen molar-refractivity contribution in [3.63, 3.8) is 0 Å².